The Morgan fingerprint density at radius 1 is 1.26 bits per heavy atom. The molecule has 108 valence electrons. The molecule has 0 aliphatic heterocycles. The van der Waals surface area contributed by atoms with Gasteiger partial charge in [-0.3, -0.25) is 0 Å². The number of aryl methyl sites for hydroxylation is 1. The molecule has 19 heavy (non-hydrogen) atoms. The quantitative estimate of drug-likeness (QED) is 0.307. The van der Waals surface area contributed by atoms with Gasteiger partial charge in [0.15, 0.2) is 0 Å². The third-order valence-corrected chi connectivity index (χ3v) is 3.70. The van der Waals surface area contributed by atoms with Crippen LogP contribution in [0.1, 0.15) is 24.7 Å². The summed E-state index contributed by atoms with van der Waals surface area (Å²) in [5.74, 6) is 9.70. The van der Waals surface area contributed by atoms with Crippen molar-refractivity contribution in [1.82, 2.24) is 9.97 Å². The largest absolute Gasteiger partial charge is 0.396 e. The number of hydrogen-bond donors (Lipinski definition) is 4. The van der Waals surface area contributed by atoms with E-state index in [1.165, 1.54) is 0 Å². The van der Waals surface area contributed by atoms with Crippen molar-refractivity contribution in [3.8, 4) is 0 Å². The number of anilines is 2. The standard InChI is InChI=1S/C12H23N5OS/c1-3-10-15-11(9(2)12(16-10)17-13)14-5-8-19-7-4-6-18/h18H,3-8,13H2,1-2H3,(H2,14,15,16,17). The highest BCUT2D eigenvalue weighted by atomic mass is 32.2. The Morgan fingerprint density at radius 2 is 2.00 bits per heavy atom. The molecule has 0 amide bonds. The van der Waals surface area contributed by atoms with Gasteiger partial charge in [0, 0.05) is 30.9 Å². The molecule has 5 N–H and O–H groups in total. The fourth-order valence-corrected chi connectivity index (χ4v) is 2.33. The lowest BCUT2D eigenvalue weighted by Crippen LogP contribution is -2.15. The first-order valence-corrected chi connectivity index (χ1v) is 7.65. The molecule has 0 aliphatic carbocycles. The molecule has 0 saturated heterocycles. The van der Waals surface area contributed by atoms with Gasteiger partial charge in [0.05, 0.1) is 0 Å². The van der Waals surface area contributed by atoms with Crippen LogP contribution in [0.25, 0.3) is 0 Å². The van der Waals surface area contributed by atoms with Crippen LogP contribution in [0.15, 0.2) is 0 Å². The van der Waals surface area contributed by atoms with E-state index in [1.54, 1.807) is 0 Å². The fourth-order valence-electron chi connectivity index (χ4n) is 1.54. The molecule has 0 aromatic carbocycles. The number of aliphatic hydroxyl groups is 1. The van der Waals surface area contributed by atoms with E-state index in [4.69, 9.17) is 10.9 Å². The van der Waals surface area contributed by atoms with E-state index in [2.05, 4.69) is 20.7 Å². The summed E-state index contributed by atoms with van der Waals surface area (Å²) in [5.41, 5.74) is 3.54. The molecule has 0 saturated carbocycles. The molecule has 7 heteroatoms. The monoisotopic (exact) mass is 285 g/mol. The van der Waals surface area contributed by atoms with Gasteiger partial charge in [-0.25, -0.2) is 15.8 Å². The Balaban J connectivity index is 2.52. The van der Waals surface area contributed by atoms with Gasteiger partial charge in [0.1, 0.15) is 17.5 Å². The maximum atomic E-state index is 8.69. The van der Waals surface area contributed by atoms with Gasteiger partial charge in [0.25, 0.3) is 0 Å². The van der Waals surface area contributed by atoms with Gasteiger partial charge in [-0.05, 0) is 19.1 Å². The van der Waals surface area contributed by atoms with Crippen LogP contribution in [-0.4, -0.2) is 39.7 Å². The summed E-state index contributed by atoms with van der Waals surface area (Å²) in [6.45, 7) is 5.05. The van der Waals surface area contributed by atoms with Crippen LogP contribution in [0.3, 0.4) is 0 Å². The van der Waals surface area contributed by atoms with Crippen LogP contribution in [0.2, 0.25) is 0 Å². The normalized spacial score (nSPS) is 10.5. The lowest BCUT2D eigenvalue weighted by molar-refractivity contribution is 0.296. The van der Waals surface area contributed by atoms with Gasteiger partial charge in [-0.1, -0.05) is 6.92 Å². The number of nitrogens with one attached hydrogen (secondary N) is 2. The summed E-state index contributed by atoms with van der Waals surface area (Å²) < 4.78 is 0. The van der Waals surface area contributed by atoms with Gasteiger partial charge >= 0.3 is 0 Å². The van der Waals surface area contributed by atoms with Gasteiger partial charge in [0.2, 0.25) is 0 Å². The predicted octanol–water partition coefficient (Wildman–Crippen LogP) is 1.16. The van der Waals surface area contributed by atoms with E-state index in [0.29, 0.717) is 5.82 Å². The molecule has 0 spiro atoms. The third kappa shape index (κ3) is 5.22. The zero-order valence-corrected chi connectivity index (χ0v) is 12.4. The Kier molecular flexibility index (Phi) is 7.54. The molecule has 0 atom stereocenters. The van der Waals surface area contributed by atoms with E-state index in [0.717, 1.165) is 48.1 Å². The van der Waals surface area contributed by atoms with E-state index in [9.17, 15) is 0 Å². The number of rotatable bonds is 9. The SMILES string of the molecule is CCc1nc(NN)c(C)c(NCCSCCCO)n1. The summed E-state index contributed by atoms with van der Waals surface area (Å²) in [7, 11) is 0. The average Bonchev–Trinajstić information content (AvgIpc) is 2.44. The van der Waals surface area contributed by atoms with Gasteiger partial charge in [-0.15, -0.1) is 0 Å². The molecular formula is C12H23N5OS. The van der Waals surface area contributed by atoms with Gasteiger partial charge < -0.3 is 15.8 Å². The lowest BCUT2D eigenvalue weighted by atomic mass is 10.3. The van der Waals surface area contributed by atoms with E-state index < -0.39 is 0 Å². The zero-order valence-electron chi connectivity index (χ0n) is 11.6. The first-order chi connectivity index (χ1) is 9.22. The second kappa shape index (κ2) is 8.95. The van der Waals surface area contributed by atoms with Crippen LogP contribution in [0.4, 0.5) is 11.6 Å². The number of nitrogen functional groups attached to an aromatic ring is 1. The van der Waals surface area contributed by atoms with Crippen LogP contribution in [0, 0.1) is 6.92 Å². The molecular weight excluding hydrogens is 262 g/mol. The Hall–Kier alpha value is -1.05. The number of hydrazine groups is 1. The van der Waals surface area contributed by atoms with E-state index in [-0.39, 0.29) is 6.61 Å². The summed E-state index contributed by atoms with van der Waals surface area (Å²) in [6.07, 6.45) is 1.62. The minimum atomic E-state index is 0.261. The van der Waals surface area contributed by atoms with Crippen molar-refractivity contribution >= 4 is 23.4 Å². The molecule has 1 aromatic heterocycles. The van der Waals surface area contributed by atoms with Crippen molar-refractivity contribution < 1.29 is 5.11 Å². The van der Waals surface area contributed by atoms with Crippen molar-refractivity contribution in [3.63, 3.8) is 0 Å². The number of thioether (sulfide) groups is 1. The van der Waals surface area contributed by atoms with Crippen molar-refractivity contribution in [2.24, 2.45) is 5.84 Å². The van der Waals surface area contributed by atoms with Crippen LogP contribution in [0.5, 0.6) is 0 Å². The first kappa shape index (κ1) is 16.0. The summed E-state index contributed by atoms with van der Waals surface area (Å²) in [4.78, 5) is 8.78. The number of aliphatic hydroxyl groups excluding tert-OH is 1. The second-order valence-electron chi connectivity index (χ2n) is 4.08. The smallest absolute Gasteiger partial charge is 0.148 e. The van der Waals surface area contributed by atoms with Crippen LogP contribution in [-0.2, 0) is 6.42 Å². The summed E-state index contributed by atoms with van der Waals surface area (Å²) in [5, 5.41) is 12.0. The molecule has 0 fully saturated rings. The fraction of sp³-hybridized carbons (Fsp3) is 0.667. The molecule has 1 rings (SSSR count). The molecule has 1 aromatic rings. The summed E-state index contributed by atoms with van der Waals surface area (Å²) in [6, 6.07) is 0. The average molecular weight is 285 g/mol. The molecule has 0 bridgehead atoms. The number of hydrogen-bond acceptors (Lipinski definition) is 7. The molecule has 6 nitrogen and oxygen atoms in total. The van der Waals surface area contributed by atoms with Crippen molar-refractivity contribution in [2.75, 3.05) is 35.4 Å². The number of nitrogens with two attached hydrogens (primary N) is 1. The lowest BCUT2D eigenvalue weighted by Gasteiger charge is -2.13. The minimum Gasteiger partial charge on any atom is -0.396 e. The van der Waals surface area contributed by atoms with Crippen LogP contribution >= 0.6 is 11.8 Å². The summed E-state index contributed by atoms with van der Waals surface area (Å²) >= 11 is 1.82. The molecule has 0 unspecified atom stereocenters. The molecule has 1 heterocycles. The Labute approximate surface area is 118 Å². The Bertz CT molecular complexity index is 389. The highest BCUT2D eigenvalue weighted by molar-refractivity contribution is 7.99. The maximum absolute atomic E-state index is 8.69. The minimum absolute atomic E-state index is 0.261. The topological polar surface area (TPSA) is 96.1 Å². The Morgan fingerprint density at radius 3 is 2.63 bits per heavy atom. The maximum Gasteiger partial charge on any atom is 0.148 e. The van der Waals surface area contributed by atoms with E-state index >= 15 is 0 Å². The molecule has 0 aliphatic rings. The van der Waals surface area contributed by atoms with Crippen molar-refractivity contribution in [1.29, 1.82) is 0 Å². The molecule has 0 radical (unpaired) electrons. The van der Waals surface area contributed by atoms with Gasteiger partial charge in [-0.2, -0.15) is 11.8 Å². The highest BCUT2D eigenvalue weighted by Gasteiger charge is 2.08. The predicted molar refractivity (Wildman–Crippen MR) is 81.5 cm³/mol. The number of nitrogens with zero attached hydrogens (tertiary/aromatic N) is 2. The zero-order chi connectivity index (χ0) is 14.1. The van der Waals surface area contributed by atoms with Crippen molar-refractivity contribution in [3.05, 3.63) is 11.4 Å². The van der Waals surface area contributed by atoms with Crippen LogP contribution < -0.4 is 16.6 Å². The second-order valence-corrected chi connectivity index (χ2v) is 5.30. The van der Waals surface area contributed by atoms with Crippen molar-refractivity contribution in [2.45, 2.75) is 26.7 Å². The first-order valence-electron chi connectivity index (χ1n) is 6.49. The number of aromatic nitrogens is 2. The highest BCUT2D eigenvalue weighted by Crippen LogP contribution is 2.19. The van der Waals surface area contributed by atoms with E-state index in [1.807, 2.05) is 25.6 Å². The third-order valence-electron chi connectivity index (χ3n) is 2.63.